The minimum absolute atomic E-state index is 0.192. The van der Waals surface area contributed by atoms with E-state index >= 15 is 0 Å². The highest BCUT2D eigenvalue weighted by molar-refractivity contribution is 7.12. The number of benzene rings is 1. The summed E-state index contributed by atoms with van der Waals surface area (Å²) >= 11 is 7.16. The number of anilines is 1. The van der Waals surface area contributed by atoms with Crippen molar-refractivity contribution < 1.29 is 19.1 Å². The maximum Gasteiger partial charge on any atom is 0.329 e. The number of amides is 2. The fourth-order valence-corrected chi connectivity index (χ4v) is 3.15. The lowest BCUT2D eigenvalue weighted by atomic mass is 10.0. The highest BCUT2D eigenvalue weighted by Gasteiger charge is 2.27. The average Bonchev–Trinajstić information content (AvgIpc) is 3.14. The van der Waals surface area contributed by atoms with Gasteiger partial charge in [0.2, 0.25) is 0 Å². The summed E-state index contributed by atoms with van der Waals surface area (Å²) in [5.74, 6) is -1.66. The van der Waals surface area contributed by atoms with Gasteiger partial charge in [0, 0.05) is 10.7 Å². The molecule has 0 spiro atoms. The molecule has 0 aliphatic carbocycles. The van der Waals surface area contributed by atoms with Gasteiger partial charge in [-0.3, -0.25) is 9.59 Å². The normalized spacial score (nSPS) is 11.7. The summed E-state index contributed by atoms with van der Waals surface area (Å²) in [5, 5.41) is 7.67. The highest BCUT2D eigenvalue weighted by atomic mass is 35.5. The van der Waals surface area contributed by atoms with Crippen LogP contribution in [0.4, 0.5) is 5.69 Å². The second-order valence-corrected chi connectivity index (χ2v) is 7.67. The van der Waals surface area contributed by atoms with Gasteiger partial charge in [0.25, 0.3) is 11.8 Å². The van der Waals surface area contributed by atoms with Gasteiger partial charge in [-0.2, -0.15) is 0 Å². The summed E-state index contributed by atoms with van der Waals surface area (Å²) in [7, 11) is 0. The molecule has 0 saturated carbocycles. The van der Waals surface area contributed by atoms with E-state index in [4.69, 9.17) is 16.3 Å². The first kappa shape index (κ1) is 20.9. The predicted octanol–water partition coefficient (Wildman–Crippen LogP) is 3.65. The van der Waals surface area contributed by atoms with Crippen LogP contribution in [0.1, 0.15) is 29.1 Å². The largest absolute Gasteiger partial charge is 0.454 e. The van der Waals surface area contributed by atoms with Crippen LogP contribution in [0.5, 0.6) is 0 Å². The van der Waals surface area contributed by atoms with Crippen molar-refractivity contribution in [3.05, 3.63) is 51.2 Å². The van der Waals surface area contributed by atoms with Crippen molar-refractivity contribution in [1.82, 2.24) is 5.32 Å². The lowest BCUT2D eigenvalue weighted by molar-refractivity contribution is -0.150. The Balaban J connectivity index is 1.91. The van der Waals surface area contributed by atoms with E-state index in [1.54, 1.807) is 49.6 Å². The molecule has 0 aliphatic heterocycles. The number of carbonyl (C=O) groups excluding carboxylic acids is 3. The fourth-order valence-electron chi connectivity index (χ4n) is 2.30. The van der Waals surface area contributed by atoms with Crippen LogP contribution in [0, 0.1) is 12.8 Å². The van der Waals surface area contributed by atoms with Gasteiger partial charge in [-0.05, 0) is 48.1 Å². The number of thiophene rings is 1. The molecular formula is C19H21ClN2O4S. The van der Waals surface area contributed by atoms with Crippen molar-refractivity contribution >= 4 is 46.4 Å². The molecule has 0 saturated heterocycles. The van der Waals surface area contributed by atoms with Crippen LogP contribution in [0.3, 0.4) is 0 Å². The molecule has 2 N–H and O–H groups in total. The van der Waals surface area contributed by atoms with Crippen LogP contribution in [-0.4, -0.2) is 30.4 Å². The van der Waals surface area contributed by atoms with Crippen molar-refractivity contribution in [3.63, 3.8) is 0 Å². The molecule has 144 valence electrons. The third-order valence-corrected chi connectivity index (χ3v) is 4.86. The molecule has 2 amide bonds. The second kappa shape index (κ2) is 9.53. The molecule has 0 radical (unpaired) electrons. The molecule has 8 heteroatoms. The summed E-state index contributed by atoms with van der Waals surface area (Å²) < 4.78 is 5.09. The van der Waals surface area contributed by atoms with Gasteiger partial charge >= 0.3 is 5.97 Å². The van der Waals surface area contributed by atoms with Crippen LogP contribution in [0.15, 0.2) is 35.7 Å². The SMILES string of the molecule is Cc1cc(Cl)ccc1NC(=O)COC(=O)[C@@H](NC(=O)c1cccs1)C(C)C. The van der Waals surface area contributed by atoms with Crippen LogP contribution < -0.4 is 10.6 Å². The zero-order chi connectivity index (χ0) is 20.0. The summed E-state index contributed by atoms with van der Waals surface area (Å²) in [4.78, 5) is 37.1. The van der Waals surface area contributed by atoms with E-state index in [0.29, 0.717) is 15.6 Å². The molecule has 1 aromatic heterocycles. The lowest BCUT2D eigenvalue weighted by Crippen LogP contribution is -2.45. The predicted molar refractivity (Wildman–Crippen MR) is 106 cm³/mol. The first-order valence-corrected chi connectivity index (χ1v) is 9.60. The molecular weight excluding hydrogens is 388 g/mol. The van der Waals surface area contributed by atoms with Gasteiger partial charge < -0.3 is 15.4 Å². The third-order valence-electron chi connectivity index (χ3n) is 3.76. The Morgan fingerprint density at radius 2 is 1.96 bits per heavy atom. The molecule has 0 unspecified atom stereocenters. The lowest BCUT2D eigenvalue weighted by Gasteiger charge is -2.20. The van der Waals surface area contributed by atoms with Crippen LogP contribution >= 0.6 is 22.9 Å². The van der Waals surface area contributed by atoms with E-state index in [9.17, 15) is 14.4 Å². The molecule has 27 heavy (non-hydrogen) atoms. The number of hydrogen-bond donors (Lipinski definition) is 2. The van der Waals surface area contributed by atoms with Crippen molar-refractivity contribution in [2.75, 3.05) is 11.9 Å². The number of esters is 1. The smallest absolute Gasteiger partial charge is 0.329 e. The first-order valence-electron chi connectivity index (χ1n) is 8.35. The number of hydrogen-bond acceptors (Lipinski definition) is 5. The van der Waals surface area contributed by atoms with Crippen molar-refractivity contribution in [2.45, 2.75) is 26.8 Å². The Labute approximate surface area is 166 Å². The summed E-state index contributed by atoms with van der Waals surface area (Å²) in [6.45, 7) is 4.94. The highest BCUT2D eigenvalue weighted by Crippen LogP contribution is 2.19. The maximum atomic E-state index is 12.3. The second-order valence-electron chi connectivity index (χ2n) is 6.29. The van der Waals surface area contributed by atoms with Crippen molar-refractivity contribution in [3.8, 4) is 0 Å². The van der Waals surface area contributed by atoms with E-state index in [1.165, 1.54) is 11.3 Å². The minimum atomic E-state index is -0.843. The zero-order valence-corrected chi connectivity index (χ0v) is 16.8. The van der Waals surface area contributed by atoms with Gasteiger partial charge in [0.15, 0.2) is 6.61 Å². The van der Waals surface area contributed by atoms with Gasteiger partial charge in [-0.25, -0.2) is 4.79 Å². The zero-order valence-electron chi connectivity index (χ0n) is 15.2. The van der Waals surface area contributed by atoms with Gasteiger partial charge in [-0.1, -0.05) is 31.5 Å². The van der Waals surface area contributed by atoms with Crippen LogP contribution in [0.2, 0.25) is 5.02 Å². The number of aryl methyl sites for hydroxylation is 1. The molecule has 1 aromatic carbocycles. The Bertz CT molecular complexity index is 821. The van der Waals surface area contributed by atoms with E-state index < -0.39 is 24.5 Å². The number of ether oxygens (including phenoxy) is 1. The number of carbonyl (C=O) groups is 3. The number of nitrogens with one attached hydrogen (secondary N) is 2. The summed E-state index contributed by atoms with van der Waals surface area (Å²) in [5.41, 5.74) is 1.39. The molecule has 6 nitrogen and oxygen atoms in total. The van der Waals surface area contributed by atoms with Crippen LogP contribution in [0.25, 0.3) is 0 Å². The molecule has 1 atom stereocenters. The number of rotatable bonds is 7. The average molecular weight is 409 g/mol. The standard InChI is InChI=1S/C19H21ClN2O4S/c1-11(2)17(22-18(24)15-5-4-8-27-15)19(25)26-10-16(23)21-14-7-6-13(20)9-12(14)3/h4-9,11,17H,10H2,1-3H3,(H,21,23)(H,22,24)/t17-/m0/s1. The molecule has 1 heterocycles. The molecule has 0 bridgehead atoms. The Morgan fingerprint density at radius 1 is 1.22 bits per heavy atom. The Hall–Kier alpha value is -2.38. The molecule has 2 aromatic rings. The van der Waals surface area contributed by atoms with Gasteiger partial charge in [0.05, 0.1) is 4.88 Å². The Morgan fingerprint density at radius 3 is 2.56 bits per heavy atom. The van der Waals surface area contributed by atoms with E-state index in [1.807, 2.05) is 6.92 Å². The Kier molecular flexibility index (Phi) is 7.38. The fraction of sp³-hybridized carbons (Fsp3) is 0.316. The van der Waals surface area contributed by atoms with E-state index in [0.717, 1.165) is 5.56 Å². The minimum Gasteiger partial charge on any atom is -0.454 e. The van der Waals surface area contributed by atoms with Crippen LogP contribution in [-0.2, 0) is 14.3 Å². The maximum absolute atomic E-state index is 12.3. The summed E-state index contributed by atoms with van der Waals surface area (Å²) in [6, 6.07) is 7.64. The summed E-state index contributed by atoms with van der Waals surface area (Å²) in [6.07, 6.45) is 0. The van der Waals surface area contributed by atoms with Gasteiger partial charge in [0.1, 0.15) is 6.04 Å². The van der Waals surface area contributed by atoms with Gasteiger partial charge in [-0.15, -0.1) is 11.3 Å². The monoisotopic (exact) mass is 408 g/mol. The topological polar surface area (TPSA) is 84.5 Å². The van der Waals surface area contributed by atoms with E-state index in [-0.39, 0.29) is 11.8 Å². The molecule has 2 rings (SSSR count). The quantitative estimate of drug-likeness (QED) is 0.685. The molecule has 0 fully saturated rings. The van der Waals surface area contributed by atoms with Crippen molar-refractivity contribution in [2.24, 2.45) is 5.92 Å². The number of halogens is 1. The van der Waals surface area contributed by atoms with Crippen molar-refractivity contribution in [1.29, 1.82) is 0 Å². The molecule has 0 aliphatic rings. The first-order chi connectivity index (χ1) is 12.8. The third kappa shape index (κ3) is 6.08. The van der Waals surface area contributed by atoms with E-state index in [2.05, 4.69) is 10.6 Å².